The van der Waals surface area contributed by atoms with Crippen molar-refractivity contribution in [3.8, 4) is 0 Å². The van der Waals surface area contributed by atoms with E-state index in [9.17, 15) is 5.11 Å². The Bertz CT molecular complexity index is 202. The third kappa shape index (κ3) is 2.71. The quantitative estimate of drug-likeness (QED) is 0.724. The summed E-state index contributed by atoms with van der Waals surface area (Å²) in [6.07, 6.45) is 6.39. The highest BCUT2D eigenvalue weighted by Gasteiger charge is 2.36. The molecule has 1 aliphatic carbocycles. The van der Waals surface area contributed by atoms with Crippen LogP contribution in [0.2, 0.25) is 0 Å². The van der Waals surface area contributed by atoms with Gasteiger partial charge in [0, 0.05) is 26.2 Å². The van der Waals surface area contributed by atoms with Gasteiger partial charge in [-0.25, -0.2) is 0 Å². The van der Waals surface area contributed by atoms with Gasteiger partial charge in [-0.1, -0.05) is 12.8 Å². The van der Waals surface area contributed by atoms with E-state index in [1.165, 1.54) is 32.2 Å². The lowest BCUT2D eigenvalue weighted by Crippen LogP contribution is -2.41. The molecule has 0 aromatic carbocycles. The molecule has 1 aliphatic heterocycles. The molecule has 3 nitrogen and oxygen atoms in total. The second kappa shape index (κ2) is 4.81. The van der Waals surface area contributed by atoms with E-state index in [0.29, 0.717) is 5.41 Å². The zero-order valence-electron chi connectivity index (χ0n) is 9.84. The fourth-order valence-electron chi connectivity index (χ4n) is 3.32. The van der Waals surface area contributed by atoms with Crippen molar-refractivity contribution in [3.63, 3.8) is 0 Å². The molecule has 1 saturated carbocycles. The van der Waals surface area contributed by atoms with Crippen LogP contribution in [0.15, 0.2) is 0 Å². The molecule has 2 N–H and O–H groups in total. The number of hydrogen-bond donors (Lipinski definition) is 2. The van der Waals surface area contributed by atoms with E-state index in [-0.39, 0.29) is 6.10 Å². The van der Waals surface area contributed by atoms with Crippen LogP contribution in [0, 0.1) is 5.41 Å². The molecule has 0 spiro atoms. The lowest BCUT2D eigenvalue weighted by atomic mass is 9.85. The SMILES string of the molecule is CNCC1(CN2CCC(O)C2)CCCC1. The molecule has 1 saturated heterocycles. The third-order valence-electron chi connectivity index (χ3n) is 4.02. The molecule has 1 atom stereocenters. The van der Waals surface area contributed by atoms with Gasteiger partial charge < -0.3 is 15.3 Å². The molecular weight excluding hydrogens is 188 g/mol. The van der Waals surface area contributed by atoms with E-state index in [4.69, 9.17) is 0 Å². The highest BCUT2D eigenvalue weighted by molar-refractivity contribution is 4.91. The highest BCUT2D eigenvalue weighted by Crippen LogP contribution is 2.38. The van der Waals surface area contributed by atoms with Crippen LogP contribution in [-0.4, -0.2) is 49.3 Å². The minimum absolute atomic E-state index is 0.0713. The molecule has 2 rings (SSSR count). The van der Waals surface area contributed by atoms with E-state index in [2.05, 4.69) is 17.3 Å². The van der Waals surface area contributed by atoms with Crippen molar-refractivity contribution in [2.75, 3.05) is 33.2 Å². The normalized spacial score (nSPS) is 31.2. The van der Waals surface area contributed by atoms with E-state index in [1.807, 2.05) is 0 Å². The molecule has 88 valence electrons. The van der Waals surface area contributed by atoms with Gasteiger partial charge in [0.15, 0.2) is 0 Å². The van der Waals surface area contributed by atoms with Gasteiger partial charge in [-0.2, -0.15) is 0 Å². The van der Waals surface area contributed by atoms with Gasteiger partial charge in [-0.05, 0) is 31.7 Å². The Labute approximate surface area is 92.8 Å². The van der Waals surface area contributed by atoms with Crippen molar-refractivity contribution >= 4 is 0 Å². The zero-order chi connectivity index (χ0) is 10.7. The van der Waals surface area contributed by atoms with Crippen molar-refractivity contribution in [2.45, 2.75) is 38.2 Å². The maximum Gasteiger partial charge on any atom is 0.0679 e. The summed E-state index contributed by atoms with van der Waals surface area (Å²) in [5.74, 6) is 0. The first-order valence-electron chi connectivity index (χ1n) is 6.29. The van der Waals surface area contributed by atoms with Gasteiger partial charge in [0.25, 0.3) is 0 Å². The molecule has 2 aliphatic rings. The summed E-state index contributed by atoms with van der Waals surface area (Å²) in [7, 11) is 2.05. The molecular formula is C12H24N2O. The van der Waals surface area contributed by atoms with Crippen molar-refractivity contribution < 1.29 is 5.11 Å². The van der Waals surface area contributed by atoms with Gasteiger partial charge >= 0.3 is 0 Å². The fourth-order valence-corrected chi connectivity index (χ4v) is 3.32. The van der Waals surface area contributed by atoms with Gasteiger partial charge in [0.1, 0.15) is 0 Å². The molecule has 2 fully saturated rings. The van der Waals surface area contributed by atoms with Crippen LogP contribution in [-0.2, 0) is 0 Å². The van der Waals surface area contributed by atoms with Gasteiger partial charge in [0.2, 0.25) is 0 Å². The molecule has 1 heterocycles. The first kappa shape index (κ1) is 11.4. The molecule has 15 heavy (non-hydrogen) atoms. The van der Waals surface area contributed by atoms with Crippen molar-refractivity contribution in [1.82, 2.24) is 10.2 Å². The summed E-state index contributed by atoms with van der Waals surface area (Å²) < 4.78 is 0. The second-order valence-electron chi connectivity index (χ2n) is 5.42. The monoisotopic (exact) mass is 212 g/mol. The second-order valence-corrected chi connectivity index (χ2v) is 5.42. The predicted octanol–water partition coefficient (Wildman–Crippen LogP) is 0.833. The van der Waals surface area contributed by atoms with Gasteiger partial charge in [0.05, 0.1) is 6.10 Å². The topological polar surface area (TPSA) is 35.5 Å². The smallest absolute Gasteiger partial charge is 0.0679 e. The number of nitrogens with one attached hydrogen (secondary N) is 1. The van der Waals surface area contributed by atoms with Crippen LogP contribution in [0.25, 0.3) is 0 Å². The number of nitrogens with zero attached hydrogens (tertiary/aromatic N) is 1. The van der Waals surface area contributed by atoms with Crippen molar-refractivity contribution in [2.24, 2.45) is 5.41 Å². The maximum atomic E-state index is 9.53. The van der Waals surface area contributed by atoms with Gasteiger partial charge in [-0.15, -0.1) is 0 Å². The van der Waals surface area contributed by atoms with Crippen LogP contribution >= 0.6 is 0 Å². The Morgan fingerprint density at radius 3 is 2.67 bits per heavy atom. The van der Waals surface area contributed by atoms with Crippen LogP contribution in [0.5, 0.6) is 0 Å². The van der Waals surface area contributed by atoms with Crippen molar-refractivity contribution in [3.05, 3.63) is 0 Å². The number of aliphatic hydroxyl groups excluding tert-OH is 1. The molecule has 0 bridgehead atoms. The first-order chi connectivity index (χ1) is 7.24. The van der Waals surface area contributed by atoms with Crippen LogP contribution in [0.3, 0.4) is 0 Å². The van der Waals surface area contributed by atoms with Crippen LogP contribution in [0.1, 0.15) is 32.1 Å². The highest BCUT2D eigenvalue weighted by atomic mass is 16.3. The molecule has 3 heteroatoms. The molecule has 0 aromatic heterocycles. The Hall–Kier alpha value is -0.120. The Balaban J connectivity index is 1.89. The Morgan fingerprint density at radius 2 is 2.13 bits per heavy atom. The largest absolute Gasteiger partial charge is 0.392 e. The standard InChI is InChI=1S/C12H24N2O/c1-13-9-12(5-2-3-6-12)10-14-7-4-11(15)8-14/h11,13,15H,2-10H2,1H3. The number of rotatable bonds is 4. The van der Waals surface area contributed by atoms with Crippen molar-refractivity contribution in [1.29, 1.82) is 0 Å². The Kier molecular flexibility index (Phi) is 3.65. The average Bonchev–Trinajstić information content (AvgIpc) is 2.78. The summed E-state index contributed by atoms with van der Waals surface area (Å²) >= 11 is 0. The van der Waals surface area contributed by atoms with Crippen LogP contribution in [0.4, 0.5) is 0 Å². The van der Waals surface area contributed by atoms with E-state index in [1.54, 1.807) is 0 Å². The minimum atomic E-state index is -0.0713. The maximum absolute atomic E-state index is 9.53. The summed E-state index contributed by atoms with van der Waals surface area (Å²) in [5, 5.41) is 12.9. The Morgan fingerprint density at radius 1 is 1.40 bits per heavy atom. The summed E-state index contributed by atoms with van der Waals surface area (Å²) in [4.78, 5) is 2.45. The number of aliphatic hydroxyl groups is 1. The summed E-state index contributed by atoms with van der Waals surface area (Å²) in [6, 6.07) is 0. The zero-order valence-corrected chi connectivity index (χ0v) is 9.84. The lowest BCUT2D eigenvalue weighted by molar-refractivity contribution is 0.141. The first-order valence-corrected chi connectivity index (χ1v) is 6.29. The molecule has 0 radical (unpaired) electrons. The lowest BCUT2D eigenvalue weighted by Gasteiger charge is -2.33. The number of likely N-dealkylation sites (tertiary alicyclic amines) is 1. The summed E-state index contributed by atoms with van der Waals surface area (Å²) in [6.45, 7) is 4.31. The molecule has 0 aromatic rings. The number of β-amino-alcohol motifs (C(OH)–C–C–N with tert-alkyl or cyclic N) is 1. The molecule has 0 amide bonds. The molecule has 1 unspecified atom stereocenters. The third-order valence-corrected chi connectivity index (χ3v) is 4.02. The number of hydrogen-bond acceptors (Lipinski definition) is 3. The fraction of sp³-hybridized carbons (Fsp3) is 1.00. The van der Waals surface area contributed by atoms with E-state index in [0.717, 1.165) is 26.1 Å². The van der Waals surface area contributed by atoms with E-state index >= 15 is 0 Å². The van der Waals surface area contributed by atoms with Crippen LogP contribution < -0.4 is 5.32 Å². The minimum Gasteiger partial charge on any atom is -0.392 e. The average molecular weight is 212 g/mol. The summed E-state index contributed by atoms with van der Waals surface area (Å²) in [5.41, 5.74) is 0.499. The van der Waals surface area contributed by atoms with E-state index < -0.39 is 0 Å². The van der Waals surface area contributed by atoms with Gasteiger partial charge in [-0.3, -0.25) is 0 Å². The predicted molar refractivity (Wildman–Crippen MR) is 61.9 cm³/mol.